The summed E-state index contributed by atoms with van der Waals surface area (Å²) in [6, 6.07) is 4.00. The molecular weight excluding hydrogens is 238 g/mol. The molecule has 0 atom stereocenters. The van der Waals surface area contributed by atoms with Crippen LogP contribution in [0.4, 0.5) is 0 Å². The van der Waals surface area contributed by atoms with Gasteiger partial charge in [-0.25, -0.2) is 14.6 Å². The molecule has 0 saturated carbocycles. The highest BCUT2D eigenvalue weighted by molar-refractivity contribution is 6.27. The Morgan fingerprint density at radius 1 is 1.11 bits per heavy atom. The summed E-state index contributed by atoms with van der Waals surface area (Å²) in [7, 11) is 0. The van der Waals surface area contributed by atoms with Gasteiger partial charge in [0.1, 0.15) is 0 Å². The molecule has 0 amide bonds. The van der Waals surface area contributed by atoms with Gasteiger partial charge < -0.3 is 15.2 Å². The first-order chi connectivity index (χ1) is 8.59. The lowest BCUT2D eigenvalue weighted by Gasteiger charge is -1.95. The van der Waals surface area contributed by atoms with Gasteiger partial charge in [0.15, 0.2) is 0 Å². The highest BCUT2D eigenvalue weighted by atomic mass is 16.4. The summed E-state index contributed by atoms with van der Waals surface area (Å²) < 4.78 is 0. The Kier molecular flexibility index (Phi) is 5.04. The minimum Gasteiger partial charge on any atom is -0.473 e. The van der Waals surface area contributed by atoms with Crippen molar-refractivity contribution in [2.24, 2.45) is 0 Å². The van der Waals surface area contributed by atoms with Crippen LogP contribution in [-0.2, 0) is 16.0 Å². The fraction of sp³-hybridized carbons (Fsp3) is 0.0909. The van der Waals surface area contributed by atoms with Crippen LogP contribution < -0.4 is 0 Å². The summed E-state index contributed by atoms with van der Waals surface area (Å²) in [5.41, 5.74) is 2.37. The number of aliphatic carboxylic acids is 2. The van der Waals surface area contributed by atoms with E-state index in [0.717, 1.165) is 12.1 Å². The van der Waals surface area contributed by atoms with Crippen molar-refractivity contribution in [2.75, 3.05) is 0 Å². The number of carbonyl (C=O) groups is 2. The monoisotopic (exact) mass is 249 g/mol. The molecule has 0 aliphatic carbocycles. The van der Waals surface area contributed by atoms with E-state index in [0.29, 0.717) is 0 Å². The first-order valence-electron chi connectivity index (χ1n) is 4.92. The zero-order valence-electron chi connectivity index (χ0n) is 9.28. The van der Waals surface area contributed by atoms with Crippen LogP contribution in [0.3, 0.4) is 0 Å². The average Bonchev–Trinajstić information content (AvgIpc) is 2.84. The average molecular weight is 249 g/mol. The van der Waals surface area contributed by atoms with Crippen LogP contribution in [0.1, 0.15) is 11.3 Å². The Bertz CT molecular complexity index is 484. The van der Waals surface area contributed by atoms with Crippen molar-refractivity contribution in [1.82, 2.24) is 15.0 Å². The molecule has 0 saturated heterocycles. The predicted molar refractivity (Wildman–Crippen MR) is 60.9 cm³/mol. The van der Waals surface area contributed by atoms with Crippen LogP contribution in [0.2, 0.25) is 0 Å². The van der Waals surface area contributed by atoms with Gasteiger partial charge in [0.05, 0.1) is 6.33 Å². The van der Waals surface area contributed by atoms with Crippen molar-refractivity contribution >= 4 is 11.9 Å². The first-order valence-corrected chi connectivity index (χ1v) is 4.92. The van der Waals surface area contributed by atoms with Crippen LogP contribution in [0.5, 0.6) is 0 Å². The molecule has 94 valence electrons. The lowest BCUT2D eigenvalue weighted by Crippen LogP contribution is -2.09. The van der Waals surface area contributed by atoms with Crippen molar-refractivity contribution in [3.05, 3.63) is 48.3 Å². The minimum atomic E-state index is -1.82. The predicted octanol–water partition coefficient (Wildman–Crippen LogP) is 0.551. The number of aromatic nitrogens is 3. The SMILES string of the molecule is O=C(O)C(=O)O.c1cc(Cc2cnc[nH]2)ccn1. The summed E-state index contributed by atoms with van der Waals surface area (Å²) in [5.74, 6) is -3.65. The molecule has 0 spiro atoms. The van der Waals surface area contributed by atoms with Crippen LogP contribution in [0, 0.1) is 0 Å². The van der Waals surface area contributed by atoms with E-state index in [4.69, 9.17) is 19.8 Å². The Morgan fingerprint density at radius 2 is 1.72 bits per heavy atom. The van der Waals surface area contributed by atoms with E-state index >= 15 is 0 Å². The Labute approximate surface area is 102 Å². The number of carboxylic acid groups (broad SMARTS) is 2. The first kappa shape index (κ1) is 13.4. The molecule has 0 radical (unpaired) electrons. The van der Waals surface area contributed by atoms with Gasteiger partial charge >= 0.3 is 11.9 Å². The number of nitrogens with one attached hydrogen (secondary N) is 1. The number of hydrogen-bond acceptors (Lipinski definition) is 4. The Morgan fingerprint density at radius 3 is 2.17 bits per heavy atom. The zero-order chi connectivity index (χ0) is 13.4. The second-order valence-corrected chi connectivity index (χ2v) is 3.22. The smallest absolute Gasteiger partial charge is 0.414 e. The largest absolute Gasteiger partial charge is 0.473 e. The van der Waals surface area contributed by atoms with E-state index in [9.17, 15) is 0 Å². The molecule has 0 unspecified atom stereocenters. The lowest BCUT2D eigenvalue weighted by atomic mass is 10.2. The molecule has 0 aromatic carbocycles. The van der Waals surface area contributed by atoms with Crippen molar-refractivity contribution < 1.29 is 19.8 Å². The van der Waals surface area contributed by atoms with Gasteiger partial charge in [-0.3, -0.25) is 4.98 Å². The van der Waals surface area contributed by atoms with E-state index in [1.165, 1.54) is 5.56 Å². The molecule has 0 aliphatic heterocycles. The van der Waals surface area contributed by atoms with E-state index < -0.39 is 11.9 Å². The van der Waals surface area contributed by atoms with E-state index in [1.807, 2.05) is 18.3 Å². The standard InChI is InChI=1S/C9H9N3.C2H2O4/c1-3-10-4-2-8(1)5-9-6-11-7-12-9;3-1(4)2(5)6/h1-4,6-7H,5H2,(H,11,12);(H,3,4)(H,5,6). The number of hydrogen-bond donors (Lipinski definition) is 3. The van der Waals surface area contributed by atoms with E-state index in [2.05, 4.69) is 15.0 Å². The van der Waals surface area contributed by atoms with Crippen molar-refractivity contribution in [3.63, 3.8) is 0 Å². The van der Waals surface area contributed by atoms with Gasteiger partial charge in [0, 0.05) is 30.7 Å². The number of nitrogens with zero attached hydrogens (tertiary/aromatic N) is 2. The number of rotatable bonds is 2. The topological polar surface area (TPSA) is 116 Å². The van der Waals surface area contributed by atoms with Gasteiger partial charge in [0.25, 0.3) is 0 Å². The van der Waals surface area contributed by atoms with Gasteiger partial charge in [-0.2, -0.15) is 0 Å². The molecule has 18 heavy (non-hydrogen) atoms. The summed E-state index contributed by atoms with van der Waals surface area (Å²) in [5, 5.41) is 14.8. The van der Waals surface area contributed by atoms with Crippen LogP contribution >= 0.6 is 0 Å². The number of aromatic amines is 1. The molecule has 2 aromatic rings. The molecule has 2 aromatic heterocycles. The quantitative estimate of drug-likeness (QED) is 0.669. The molecule has 7 heteroatoms. The molecule has 3 N–H and O–H groups in total. The summed E-state index contributed by atoms with van der Waals surface area (Å²) >= 11 is 0. The van der Waals surface area contributed by atoms with E-state index in [-0.39, 0.29) is 0 Å². The third-order valence-corrected chi connectivity index (χ3v) is 1.88. The number of imidazole rings is 1. The second-order valence-electron chi connectivity index (χ2n) is 3.22. The lowest BCUT2D eigenvalue weighted by molar-refractivity contribution is -0.159. The molecule has 0 aliphatic rings. The van der Waals surface area contributed by atoms with Gasteiger partial charge in [-0.05, 0) is 17.7 Å². The summed E-state index contributed by atoms with van der Waals surface area (Å²) in [6.07, 6.45) is 8.01. The number of carboxylic acids is 2. The third kappa shape index (κ3) is 4.88. The molecule has 2 heterocycles. The minimum absolute atomic E-state index is 0.891. The normalized spacial score (nSPS) is 9.11. The van der Waals surface area contributed by atoms with E-state index in [1.54, 1.807) is 18.7 Å². The summed E-state index contributed by atoms with van der Waals surface area (Å²) in [6.45, 7) is 0. The van der Waals surface area contributed by atoms with Crippen molar-refractivity contribution in [1.29, 1.82) is 0 Å². The maximum atomic E-state index is 9.10. The molecule has 0 bridgehead atoms. The fourth-order valence-electron chi connectivity index (χ4n) is 1.10. The third-order valence-electron chi connectivity index (χ3n) is 1.88. The van der Waals surface area contributed by atoms with Crippen LogP contribution in [0.25, 0.3) is 0 Å². The molecular formula is C11H11N3O4. The number of H-pyrrole nitrogens is 1. The van der Waals surface area contributed by atoms with Crippen molar-refractivity contribution in [3.8, 4) is 0 Å². The highest BCUT2D eigenvalue weighted by Crippen LogP contribution is 2.03. The molecule has 7 nitrogen and oxygen atoms in total. The fourth-order valence-corrected chi connectivity index (χ4v) is 1.10. The van der Waals surface area contributed by atoms with Crippen LogP contribution in [-0.4, -0.2) is 37.1 Å². The summed E-state index contributed by atoms with van der Waals surface area (Å²) in [4.78, 5) is 29.1. The number of pyridine rings is 1. The maximum absolute atomic E-state index is 9.10. The maximum Gasteiger partial charge on any atom is 0.414 e. The molecule has 0 fully saturated rings. The Hall–Kier alpha value is -2.70. The van der Waals surface area contributed by atoms with Gasteiger partial charge in [0.2, 0.25) is 0 Å². The van der Waals surface area contributed by atoms with Crippen LogP contribution in [0.15, 0.2) is 37.1 Å². The van der Waals surface area contributed by atoms with Gasteiger partial charge in [-0.1, -0.05) is 0 Å². The van der Waals surface area contributed by atoms with Crippen molar-refractivity contribution in [2.45, 2.75) is 6.42 Å². The zero-order valence-corrected chi connectivity index (χ0v) is 9.28. The van der Waals surface area contributed by atoms with Gasteiger partial charge in [-0.15, -0.1) is 0 Å². The highest BCUT2D eigenvalue weighted by Gasteiger charge is 2.04. The Balaban J connectivity index is 0.000000232. The molecule has 2 rings (SSSR count). The second kappa shape index (κ2) is 6.79.